The zero-order valence-electron chi connectivity index (χ0n) is 18.5. The molecule has 1 aliphatic rings. The highest BCUT2D eigenvalue weighted by Crippen LogP contribution is 2.32. The second-order valence-corrected chi connectivity index (χ2v) is 8.06. The Balaban J connectivity index is 1.75. The number of hydrogen-bond donors (Lipinski definition) is 0. The fourth-order valence-electron chi connectivity index (χ4n) is 3.78. The van der Waals surface area contributed by atoms with Gasteiger partial charge in [0.15, 0.2) is 0 Å². The zero-order chi connectivity index (χ0) is 21.8. The number of unbranched alkanes of at least 4 members (excludes halogenated alkanes) is 9. The Hall–Kier alpha value is -2.17. The molecule has 30 heavy (non-hydrogen) atoms. The molecule has 5 heteroatoms. The first-order valence-electron chi connectivity index (χ1n) is 11.6. The van der Waals surface area contributed by atoms with Crippen molar-refractivity contribution in [1.82, 2.24) is 0 Å². The summed E-state index contributed by atoms with van der Waals surface area (Å²) >= 11 is 0. The lowest BCUT2D eigenvalue weighted by Crippen LogP contribution is -2.28. The lowest BCUT2D eigenvalue weighted by atomic mass is 10.1. The third-order valence-corrected chi connectivity index (χ3v) is 5.47. The molecular formula is C25H36O5. The van der Waals surface area contributed by atoms with Gasteiger partial charge in [-0.25, -0.2) is 0 Å². The molecule has 0 spiro atoms. The largest absolute Gasteiger partial charge is 0.493 e. The topological polar surface area (TPSA) is 69.7 Å². The van der Waals surface area contributed by atoms with Crippen molar-refractivity contribution in [2.45, 2.75) is 97.0 Å². The van der Waals surface area contributed by atoms with Gasteiger partial charge < -0.3 is 9.47 Å². The summed E-state index contributed by atoms with van der Waals surface area (Å²) in [6, 6.07) is 5.00. The van der Waals surface area contributed by atoms with Crippen LogP contribution in [0.3, 0.4) is 0 Å². The fraction of sp³-hybridized carbons (Fsp3) is 0.640. The summed E-state index contributed by atoms with van der Waals surface area (Å²) < 4.78 is 11.0. The van der Waals surface area contributed by atoms with Crippen molar-refractivity contribution in [1.29, 1.82) is 0 Å². The van der Waals surface area contributed by atoms with Gasteiger partial charge in [-0.3, -0.25) is 14.4 Å². The number of carbonyl (C=O) groups is 3. The number of Topliss-reactive ketones (excluding diaryl/α,β-unsaturated/α-hetero) is 2. The van der Waals surface area contributed by atoms with Crippen molar-refractivity contribution in [2.75, 3.05) is 6.61 Å². The molecule has 0 aliphatic heterocycles. The van der Waals surface area contributed by atoms with Crippen LogP contribution in [-0.2, 0) is 9.53 Å². The van der Waals surface area contributed by atoms with E-state index in [4.69, 9.17) is 9.47 Å². The molecule has 2 rings (SSSR count). The number of hydrogen-bond acceptors (Lipinski definition) is 5. The van der Waals surface area contributed by atoms with E-state index in [1.54, 1.807) is 18.2 Å². The number of fused-ring (bicyclic) bond motifs is 1. The fourth-order valence-corrected chi connectivity index (χ4v) is 3.78. The predicted molar refractivity (Wildman–Crippen MR) is 117 cm³/mol. The quantitative estimate of drug-likeness (QED) is 0.197. The van der Waals surface area contributed by atoms with Crippen LogP contribution < -0.4 is 4.74 Å². The van der Waals surface area contributed by atoms with Crippen LogP contribution in [-0.4, -0.2) is 30.2 Å². The highest BCUT2D eigenvalue weighted by atomic mass is 16.6. The number of ether oxygens (including phenoxy) is 2. The summed E-state index contributed by atoms with van der Waals surface area (Å²) in [5.74, 6) is -1.04. The number of carbonyl (C=O) groups excluding carboxylic acids is 3. The maximum absolute atomic E-state index is 12.7. The third kappa shape index (κ3) is 6.96. The van der Waals surface area contributed by atoms with Gasteiger partial charge in [0.25, 0.3) is 0 Å². The molecule has 166 valence electrons. The standard InChI is InChI=1S/C25H36O5/c1-3-5-6-7-8-9-10-11-12-13-18-29-20-17-14-16-19-22(20)24(28)25(23(19)27)30-21(26)15-4-2/h14,16-17,25H,3-13,15,18H2,1-2H3. The summed E-state index contributed by atoms with van der Waals surface area (Å²) in [5, 5.41) is 0. The van der Waals surface area contributed by atoms with Gasteiger partial charge in [-0.15, -0.1) is 0 Å². The molecule has 5 nitrogen and oxygen atoms in total. The van der Waals surface area contributed by atoms with Crippen LogP contribution in [0.25, 0.3) is 0 Å². The number of ketones is 2. The minimum Gasteiger partial charge on any atom is -0.493 e. The van der Waals surface area contributed by atoms with E-state index in [0.717, 1.165) is 12.8 Å². The van der Waals surface area contributed by atoms with E-state index in [-0.39, 0.29) is 17.5 Å². The van der Waals surface area contributed by atoms with Crippen LogP contribution in [0.2, 0.25) is 0 Å². The summed E-state index contributed by atoms with van der Waals surface area (Å²) in [4.78, 5) is 36.9. The second-order valence-electron chi connectivity index (χ2n) is 8.06. The van der Waals surface area contributed by atoms with Gasteiger partial charge in [0.2, 0.25) is 17.7 Å². The molecule has 0 radical (unpaired) electrons. The van der Waals surface area contributed by atoms with Crippen molar-refractivity contribution < 1.29 is 23.9 Å². The minimum absolute atomic E-state index is 0.190. The average Bonchev–Trinajstić information content (AvgIpc) is 2.97. The Kier molecular flexibility index (Phi) is 10.6. The van der Waals surface area contributed by atoms with E-state index in [1.165, 1.54) is 51.4 Å². The van der Waals surface area contributed by atoms with Crippen LogP contribution in [0, 0.1) is 0 Å². The first-order valence-corrected chi connectivity index (χ1v) is 11.6. The van der Waals surface area contributed by atoms with E-state index in [1.807, 2.05) is 6.92 Å². The highest BCUT2D eigenvalue weighted by molar-refractivity contribution is 6.30. The summed E-state index contributed by atoms with van der Waals surface area (Å²) in [6.45, 7) is 4.59. The smallest absolute Gasteiger partial charge is 0.306 e. The maximum Gasteiger partial charge on any atom is 0.306 e. The van der Waals surface area contributed by atoms with Crippen LogP contribution in [0.5, 0.6) is 5.75 Å². The number of esters is 1. The molecule has 0 bridgehead atoms. The Morgan fingerprint density at radius 3 is 2.10 bits per heavy atom. The second kappa shape index (κ2) is 13.2. The lowest BCUT2D eigenvalue weighted by molar-refractivity contribution is -0.145. The Morgan fingerprint density at radius 2 is 1.47 bits per heavy atom. The molecular weight excluding hydrogens is 380 g/mol. The molecule has 0 fully saturated rings. The molecule has 0 aromatic heterocycles. The van der Waals surface area contributed by atoms with E-state index in [9.17, 15) is 14.4 Å². The van der Waals surface area contributed by atoms with Gasteiger partial charge in [-0.05, 0) is 18.9 Å². The van der Waals surface area contributed by atoms with E-state index < -0.39 is 23.6 Å². The average molecular weight is 417 g/mol. The first kappa shape index (κ1) is 24.1. The molecule has 0 saturated carbocycles. The molecule has 0 saturated heterocycles. The molecule has 1 aromatic carbocycles. The van der Waals surface area contributed by atoms with Crippen molar-refractivity contribution in [3.05, 3.63) is 29.3 Å². The molecule has 1 unspecified atom stereocenters. The van der Waals surface area contributed by atoms with E-state index in [0.29, 0.717) is 18.8 Å². The van der Waals surface area contributed by atoms with Gasteiger partial charge >= 0.3 is 5.97 Å². The summed E-state index contributed by atoms with van der Waals surface area (Å²) in [7, 11) is 0. The van der Waals surface area contributed by atoms with Crippen molar-refractivity contribution in [3.8, 4) is 5.75 Å². The Bertz CT molecular complexity index is 709. The lowest BCUT2D eigenvalue weighted by Gasteiger charge is -2.10. The van der Waals surface area contributed by atoms with Gasteiger partial charge in [-0.1, -0.05) is 83.8 Å². The monoisotopic (exact) mass is 416 g/mol. The minimum atomic E-state index is -1.36. The van der Waals surface area contributed by atoms with Crippen LogP contribution >= 0.6 is 0 Å². The van der Waals surface area contributed by atoms with Gasteiger partial charge in [0, 0.05) is 12.0 Å². The third-order valence-electron chi connectivity index (χ3n) is 5.47. The van der Waals surface area contributed by atoms with E-state index in [2.05, 4.69) is 6.92 Å². The Labute approximate surface area is 180 Å². The van der Waals surface area contributed by atoms with Gasteiger partial charge in [0.05, 0.1) is 12.2 Å². The molecule has 1 atom stereocenters. The van der Waals surface area contributed by atoms with Gasteiger partial charge in [-0.2, -0.15) is 0 Å². The zero-order valence-corrected chi connectivity index (χ0v) is 18.5. The van der Waals surface area contributed by atoms with Crippen LogP contribution in [0.15, 0.2) is 18.2 Å². The molecule has 0 heterocycles. The van der Waals surface area contributed by atoms with Crippen molar-refractivity contribution >= 4 is 17.5 Å². The summed E-state index contributed by atoms with van der Waals surface area (Å²) in [5.41, 5.74) is 0.541. The van der Waals surface area contributed by atoms with Crippen molar-refractivity contribution in [2.24, 2.45) is 0 Å². The SMILES string of the molecule is CCCCCCCCCCCCOc1cccc2c1C(=O)C(OC(=O)CCC)C2=O. The van der Waals surface area contributed by atoms with E-state index >= 15 is 0 Å². The number of benzene rings is 1. The van der Waals surface area contributed by atoms with Gasteiger partial charge in [0.1, 0.15) is 5.75 Å². The van der Waals surface area contributed by atoms with Crippen LogP contribution in [0.1, 0.15) is 112 Å². The molecule has 1 aliphatic carbocycles. The summed E-state index contributed by atoms with van der Waals surface area (Å²) in [6.07, 6.45) is 11.8. The normalized spacial score (nSPS) is 15.3. The molecule has 0 N–H and O–H groups in total. The van der Waals surface area contributed by atoms with Crippen LogP contribution in [0.4, 0.5) is 0 Å². The first-order chi connectivity index (χ1) is 14.6. The molecule has 1 aromatic rings. The molecule has 0 amide bonds. The highest BCUT2D eigenvalue weighted by Gasteiger charge is 2.43. The Morgan fingerprint density at radius 1 is 0.833 bits per heavy atom. The maximum atomic E-state index is 12.7. The number of rotatable bonds is 15. The predicted octanol–water partition coefficient (Wildman–Crippen LogP) is 6.08. The van der Waals surface area contributed by atoms with Crippen molar-refractivity contribution in [3.63, 3.8) is 0 Å².